The Morgan fingerprint density at radius 3 is 1.64 bits per heavy atom. The monoisotopic (exact) mass is 707 g/mol. The summed E-state index contributed by atoms with van der Waals surface area (Å²) >= 11 is 0. The molecule has 262 valence electrons. The zero-order chi connectivity index (χ0) is 36.4. The highest BCUT2D eigenvalue weighted by atomic mass is 28.4. The molecule has 1 N–H and O–H groups in total. The lowest BCUT2D eigenvalue weighted by atomic mass is 9.92. The number of methoxy groups -OCH3 is 1. The molecule has 1 amide bonds. The van der Waals surface area contributed by atoms with Crippen LogP contribution in [0.1, 0.15) is 38.1 Å². The molecule has 7 nitrogen and oxygen atoms in total. The first-order valence-electron chi connectivity index (χ1n) is 16.9. The molecule has 50 heavy (non-hydrogen) atoms. The van der Waals surface area contributed by atoms with Gasteiger partial charge in [0.25, 0.3) is 14.2 Å². The third kappa shape index (κ3) is 8.58. The van der Waals surface area contributed by atoms with Gasteiger partial charge in [-0.15, -0.1) is 0 Å². The fourth-order valence-electron chi connectivity index (χ4n) is 6.79. The summed E-state index contributed by atoms with van der Waals surface area (Å²) in [6, 6.07) is 39.3. The second-order valence-electron chi connectivity index (χ2n) is 14.1. The van der Waals surface area contributed by atoms with Crippen molar-refractivity contribution in [2.24, 2.45) is 0 Å². The molecule has 0 aliphatic rings. The van der Waals surface area contributed by atoms with Crippen molar-refractivity contribution in [3.63, 3.8) is 0 Å². The molecule has 2 atom stereocenters. The van der Waals surface area contributed by atoms with E-state index in [0.29, 0.717) is 5.56 Å². The normalized spacial score (nSPS) is 14.0. The van der Waals surface area contributed by atoms with Crippen LogP contribution in [-0.4, -0.2) is 59.6 Å². The van der Waals surface area contributed by atoms with Crippen LogP contribution in [0.15, 0.2) is 133 Å². The molecule has 0 aliphatic heterocycles. The van der Waals surface area contributed by atoms with E-state index < -0.39 is 45.9 Å². The van der Waals surface area contributed by atoms with Gasteiger partial charge in [0.05, 0.1) is 21.8 Å². The van der Waals surface area contributed by atoms with Crippen molar-refractivity contribution in [2.45, 2.75) is 63.5 Å². The summed E-state index contributed by atoms with van der Waals surface area (Å²) in [5.74, 6) is -1.79. The van der Waals surface area contributed by atoms with Crippen molar-refractivity contribution < 1.29 is 28.3 Å². The van der Waals surface area contributed by atoms with E-state index in [-0.39, 0.29) is 17.7 Å². The Labute approximate surface area is 298 Å². The minimum Gasteiger partial charge on any atom is -0.467 e. The predicted octanol–water partition coefficient (Wildman–Crippen LogP) is 6.01. The van der Waals surface area contributed by atoms with Crippen LogP contribution in [0.4, 0.5) is 0 Å². The number of hydrogen-bond donors (Lipinski definition) is 1. The maximum absolute atomic E-state index is 14.2. The van der Waals surface area contributed by atoms with Gasteiger partial charge in [-0.05, 0) is 39.7 Å². The van der Waals surface area contributed by atoms with Crippen LogP contribution >= 0.6 is 0 Å². The molecule has 0 aliphatic carbocycles. The molecule has 0 spiro atoms. The summed E-state index contributed by atoms with van der Waals surface area (Å²) in [6.45, 7) is 12.3. The number of carbonyl (C=O) groups excluding carboxylic acids is 3. The highest BCUT2D eigenvalue weighted by Crippen LogP contribution is 2.37. The summed E-state index contributed by atoms with van der Waals surface area (Å²) < 4.78 is 18.5. The zero-order valence-corrected chi connectivity index (χ0v) is 32.1. The van der Waals surface area contributed by atoms with Crippen LogP contribution < -0.4 is 20.9 Å². The van der Waals surface area contributed by atoms with E-state index in [0.717, 1.165) is 15.6 Å². The van der Waals surface area contributed by atoms with E-state index in [9.17, 15) is 14.4 Å². The highest BCUT2D eigenvalue weighted by molar-refractivity contribution is 6.99. The molecule has 0 saturated carbocycles. The van der Waals surface area contributed by atoms with Crippen LogP contribution in [0, 0.1) is 0 Å². The van der Waals surface area contributed by atoms with Crippen molar-refractivity contribution in [3.8, 4) is 0 Å². The Balaban J connectivity index is 1.82. The summed E-state index contributed by atoms with van der Waals surface area (Å²) in [5, 5.41) is 6.08. The van der Waals surface area contributed by atoms with E-state index >= 15 is 0 Å². The molecule has 0 aromatic heterocycles. The van der Waals surface area contributed by atoms with E-state index in [4.69, 9.17) is 13.9 Å². The van der Waals surface area contributed by atoms with Gasteiger partial charge in [-0.2, -0.15) is 0 Å². The third-order valence-corrected chi connectivity index (χ3v) is 17.4. The van der Waals surface area contributed by atoms with E-state index in [1.165, 1.54) is 14.0 Å². The summed E-state index contributed by atoms with van der Waals surface area (Å²) in [5.41, 5.74) is -1.40. The molecular weight excluding hydrogens is 659 g/mol. The smallest absolute Gasteiger partial charge is 0.335 e. The number of ether oxygens (including phenoxy) is 2. The molecule has 0 heterocycles. The lowest BCUT2D eigenvalue weighted by Crippen LogP contribution is -2.67. The van der Waals surface area contributed by atoms with Crippen molar-refractivity contribution >= 4 is 49.8 Å². The van der Waals surface area contributed by atoms with Crippen LogP contribution in [0.3, 0.4) is 0 Å². The SMILES string of the molecule is COC(=O)[C@@](C[Si](C)(C)c1ccccc1)(NC(=O)c1ccccc1)[C@@H](/C=C/CO[Si](c1ccccc1)(c1ccccc1)C(C)(C)C)OC(C)=O. The van der Waals surface area contributed by atoms with Gasteiger partial charge in [-0.3, -0.25) is 9.59 Å². The van der Waals surface area contributed by atoms with Crippen molar-refractivity contribution in [3.05, 3.63) is 139 Å². The number of hydrogen-bond acceptors (Lipinski definition) is 6. The first kappa shape index (κ1) is 38.2. The molecule has 9 heteroatoms. The minimum absolute atomic E-state index is 0.161. The fourth-order valence-corrected chi connectivity index (χ4v) is 14.4. The second-order valence-corrected chi connectivity index (χ2v) is 23.1. The minimum atomic E-state index is -2.89. The van der Waals surface area contributed by atoms with Gasteiger partial charge in [-0.25, -0.2) is 4.79 Å². The van der Waals surface area contributed by atoms with Gasteiger partial charge in [0.2, 0.25) is 0 Å². The first-order chi connectivity index (χ1) is 23.8. The summed E-state index contributed by atoms with van der Waals surface area (Å²) in [6.07, 6.45) is 2.24. The maximum Gasteiger partial charge on any atom is 0.335 e. The molecule has 4 aromatic rings. The van der Waals surface area contributed by atoms with Crippen molar-refractivity contribution in [1.29, 1.82) is 0 Å². The second kappa shape index (κ2) is 16.4. The summed E-state index contributed by atoms with van der Waals surface area (Å²) in [4.78, 5) is 40.8. The predicted molar refractivity (Wildman–Crippen MR) is 205 cm³/mol. The largest absolute Gasteiger partial charge is 0.467 e. The number of amides is 1. The summed E-state index contributed by atoms with van der Waals surface area (Å²) in [7, 11) is -4.14. The Bertz CT molecular complexity index is 1700. The topological polar surface area (TPSA) is 90.9 Å². The van der Waals surface area contributed by atoms with Crippen molar-refractivity contribution in [2.75, 3.05) is 13.7 Å². The average molecular weight is 708 g/mol. The van der Waals surface area contributed by atoms with Crippen LogP contribution in [0.25, 0.3) is 0 Å². The van der Waals surface area contributed by atoms with E-state index in [2.05, 4.69) is 63.4 Å². The van der Waals surface area contributed by atoms with Crippen LogP contribution in [0.2, 0.25) is 24.2 Å². The highest BCUT2D eigenvalue weighted by Gasteiger charge is 2.54. The number of nitrogens with one attached hydrogen (secondary N) is 1. The molecule has 0 saturated heterocycles. The number of rotatable bonds is 14. The molecule has 0 bridgehead atoms. The molecule has 4 aromatic carbocycles. The fraction of sp³-hybridized carbons (Fsp3) is 0.293. The Morgan fingerprint density at radius 2 is 1.20 bits per heavy atom. The standard InChI is InChI=1S/C41H49NO6Si2/c1-32(43)48-37(29-20-30-47-50(40(2,3)4,35-25-16-10-17-26-35)36-27-18-11-19-28-36)41(39(45)46-5,42-38(44)33-21-12-8-13-22-33)31-49(6,7)34-23-14-9-15-24-34/h8-29,37H,30-31H2,1-7H3,(H,42,44)/b29-20+/t37-,41+/m1/s1. The molecular formula is C41H49NO6Si2. The Morgan fingerprint density at radius 1 is 0.740 bits per heavy atom. The van der Waals surface area contributed by atoms with Gasteiger partial charge >= 0.3 is 11.9 Å². The van der Waals surface area contributed by atoms with E-state index in [1.807, 2.05) is 72.8 Å². The first-order valence-corrected chi connectivity index (χ1v) is 22.0. The quantitative estimate of drug-likeness (QED) is 0.0982. The van der Waals surface area contributed by atoms with Gasteiger partial charge in [0.15, 0.2) is 11.6 Å². The van der Waals surface area contributed by atoms with Gasteiger partial charge in [-0.1, -0.05) is 154 Å². The average Bonchev–Trinajstić information content (AvgIpc) is 3.11. The molecule has 4 rings (SSSR count). The number of carbonyl (C=O) groups is 3. The van der Waals surface area contributed by atoms with Gasteiger partial charge < -0.3 is 19.2 Å². The van der Waals surface area contributed by atoms with Gasteiger partial charge in [0, 0.05) is 12.5 Å². The third-order valence-electron chi connectivity index (χ3n) is 9.10. The number of benzene rings is 4. The molecule has 0 unspecified atom stereocenters. The lowest BCUT2D eigenvalue weighted by molar-refractivity contribution is -0.159. The van der Waals surface area contributed by atoms with Crippen molar-refractivity contribution in [1.82, 2.24) is 5.32 Å². The number of esters is 2. The molecule has 0 radical (unpaired) electrons. The maximum atomic E-state index is 14.2. The Hall–Kier alpha value is -4.58. The zero-order valence-electron chi connectivity index (χ0n) is 30.1. The lowest BCUT2D eigenvalue weighted by Gasteiger charge is -2.43. The molecule has 0 fully saturated rings. The van der Waals surface area contributed by atoms with Crippen LogP contribution in [0.5, 0.6) is 0 Å². The Kier molecular flexibility index (Phi) is 12.6. The van der Waals surface area contributed by atoms with Gasteiger partial charge in [0.1, 0.15) is 0 Å². The van der Waals surface area contributed by atoms with E-state index in [1.54, 1.807) is 36.4 Å². The van der Waals surface area contributed by atoms with Crippen LogP contribution in [-0.2, 0) is 23.5 Å².